The number of benzene rings is 3. The standard InChI is InChI=1S/C24H24O4S/c1-18-9-15-22(16-10-18)29(26,27)28-17-24(2,3)21-13-11-20(12-14-21)23(25)19-7-5-4-6-8-19/h4-16H,17H2,1-3H3. The minimum atomic E-state index is -3.83. The van der Waals surface area contributed by atoms with Gasteiger partial charge in [0.1, 0.15) is 0 Å². The molecule has 0 spiro atoms. The molecule has 150 valence electrons. The Bertz CT molecular complexity index is 1080. The van der Waals surface area contributed by atoms with Crippen molar-refractivity contribution < 1.29 is 17.4 Å². The normalized spacial score (nSPS) is 12.0. The molecule has 0 bridgehead atoms. The van der Waals surface area contributed by atoms with Gasteiger partial charge in [-0.3, -0.25) is 8.98 Å². The predicted molar refractivity (Wildman–Crippen MR) is 114 cm³/mol. The highest BCUT2D eigenvalue weighted by Gasteiger charge is 2.26. The van der Waals surface area contributed by atoms with E-state index in [1.807, 2.05) is 51.1 Å². The lowest BCUT2D eigenvalue weighted by Crippen LogP contribution is -2.26. The van der Waals surface area contributed by atoms with Crippen LogP contribution < -0.4 is 0 Å². The van der Waals surface area contributed by atoms with Gasteiger partial charge in [0, 0.05) is 16.5 Å². The van der Waals surface area contributed by atoms with Gasteiger partial charge in [0.15, 0.2) is 5.78 Å². The highest BCUT2D eigenvalue weighted by Crippen LogP contribution is 2.26. The maximum atomic E-state index is 12.5. The van der Waals surface area contributed by atoms with Crippen LogP contribution in [-0.4, -0.2) is 20.8 Å². The molecule has 3 rings (SSSR count). The van der Waals surface area contributed by atoms with Gasteiger partial charge in [0.05, 0.1) is 11.5 Å². The summed E-state index contributed by atoms with van der Waals surface area (Å²) in [4.78, 5) is 12.7. The highest BCUT2D eigenvalue weighted by molar-refractivity contribution is 7.86. The molecule has 0 N–H and O–H groups in total. The summed E-state index contributed by atoms with van der Waals surface area (Å²) >= 11 is 0. The zero-order chi connectivity index (χ0) is 21.1. The molecule has 29 heavy (non-hydrogen) atoms. The van der Waals surface area contributed by atoms with Crippen molar-refractivity contribution in [2.24, 2.45) is 0 Å². The maximum Gasteiger partial charge on any atom is 0.297 e. The van der Waals surface area contributed by atoms with E-state index in [4.69, 9.17) is 4.18 Å². The minimum absolute atomic E-state index is 0.00477. The van der Waals surface area contributed by atoms with E-state index in [2.05, 4.69) is 0 Å². The molecule has 0 heterocycles. The third kappa shape index (κ3) is 5.00. The molecule has 0 fully saturated rings. The zero-order valence-electron chi connectivity index (χ0n) is 16.8. The summed E-state index contributed by atoms with van der Waals surface area (Å²) in [6.07, 6.45) is 0. The Labute approximate surface area is 172 Å². The minimum Gasteiger partial charge on any atom is -0.289 e. The molecule has 4 nitrogen and oxygen atoms in total. The third-order valence-electron chi connectivity index (χ3n) is 4.85. The summed E-state index contributed by atoms with van der Waals surface area (Å²) in [5.74, 6) is -0.0480. The molecule has 0 unspecified atom stereocenters. The van der Waals surface area contributed by atoms with Gasteiger partial charge < -0.3 is 0 Å². The molecular weight excluding hydrogens is 384 g/mol. The predicted octanol–water partition coefficient (Wildman–Crippen LogP) is 4.91. The van der Waals surface area contributed by atoms with Crippen molar-refractivity contribution in [2.45, 2.75) is 31.1 Å². The van der Waals surface area contributed by atoms with Crippen LogP contribution in [0.2, 0.25) is 0 Å². The number of hydrogen-bond acceptors (Lipinski definition) is 4. The van der Waals surface area contributed by atoms with Crippen LogP contribution in [0.5, 0.6) is 0 Å². The molecule has 0 saturated heterocycles. The second kappa shape index (κ2) is 8.31. The van der Waals surface area contributed by atoms with E-state index in [-0.39, 0.29) is 17.3 Å². The van der Waals surface area contributed by atoms with Gasteiger partial charge in [-0.15, -0.1) is 0 Å². The summed E-state index contributed by atoms with van der Waals surface area (Å²) < 4.78 is 30.2. The van der Waals surface area contributed by atoms with Crippen molar-refractivity contribution in [3.05, 3.63) is 101 Å². The van der Waals surface area contributed by atoms with E-state index in [1.165, 1.54) is 0 Å². The number of carbonyl (C=O) groups is 1. The maximum absolute atomic E-state index is 12.5. The number of hydrogen-bond donors (Lipinski definition) is 0. The monoisotopic (exact) mass is 408 g/mol. The highest BCUT2D eigenvalue weighted by atomic mass is 32.2. The quantitative estimate of drug-likeness (QED) is 0.412. The second-order valence-electron chi connectivity index (χ2n) is 7.69. The first-order valence-electron chi connectivity index (χ1n) is 9.35. The number of aryl methyl sites for hydroxylation is 1. The van der Waals surface area contributed by atoms with Crippen LogP contribution in [0.15, 0.2) is 83.8 Å². The molecule has 0 atom stereocenters. The van der Waals surface area contributed by atoms with Crippen LogP contribution in [-0.2, 0) is 19.7 Å². The lowest BCUT2D eigenvalue weighted by molar-refractivity contribution is 0.103. The van der Waals surface area contributed by atoms with Gasteiger partial charge in [0.2, 0.25) is 0 Å². The van der Waals surface area contributed by atoms with E-state index in [0.717, 1.165) is 11.1 Å². The Morgan fingerprint density at radius 3 is 1.97 bits per heavy atom. The first kappa shape index (κ1) is 21.0. The van der Waals surface area contributed by atoms with Gasteiger partial charge in [-0.1, -0.05) is 86.1 Å². The lowest BCUT2D eigenvalue weighted by Gasteiger charge is -2.25. The molecule has 0 saturated carbocycles. The number of carbonyl (C=O) groups excluding carboxylic acids is 1. The number of rotatable bonds is 7. The van der Waals surface area contributed by atoms with Crippen LogP contribution in [0.4, 0.5) is 0 Å². The van der Waals surface area contributed by atoms with Crippen LogP contribution in [0.3, 0.4) is 0 Å². The van der Waals surface area contributed by atoms with Crippen LogP contribution in [0.1, 0.15) is 40.9 Å². The lowest BCUT2D eigenvalue weighted by atomic mass is 9.85. The first-order valence-corrected chi connectivity index (χ1v) is 10.8. The summed E-state index contributed by atoms with van der Waals surface area (Å²) in [5, 5.41) is 0. The molecule has 0 aliphatic heterocycles. The Hall–Kier alpha value is -2.76. The molecule has 3 aromatic carbocycles. The fourth-order valence-electron chi connectivity index (χ4n) is 2.91. The van der Waals surface area contributed by atoms with Crippen molar-refractivity contribution in [1.29, 1.82) is 0 Å². The van der Waals surface area contributed by atoms with Gasteiger partial charge >= 0.3 is 0 Å². The van der Waals surface area contributed by atoms with Crippen molar-refractivity contribution in [3.63, 3.8) is 0 Å². The van der Waals surface area contributed by atoms with Crippen molar-refractivity contribution in [2.75, 3.05) is 6.61 Å². The average molecular weight is 409 g/mol. The topological polar surface area (TPSA) is 60.4 Å². The summed E-state index contributed by atoms with van der Waals surface area (Å²) in [6, 6.07) is 22.9. The third-order valence-corrected chi connectivity index (χ3v) is 6.13. The largest absolute Gasteiger partial charge is 0.297 e. The molecule has 0 amide bonds. The van der Waals surface area contributed by atoms with Gasteiger partial charge in [0.25, 0.3) is 10.1 Å². The summed E-state index contributed by atoms with van der Waals surface area (Å²) in [7, 11) is -3.83. The van der Waals surface area contributed by atoms with Crippen LogP contribution in [0.25, 0.3) is 0 Å². The summed E-state index contributed by atoms with van der Waals surface area (Å²) in [6.45, 7) is 5.71. The molecule has 0 aromatic heterocycles. The Balaban J connectivity index is 1.72. The molecule has 0 aliphatic rings. The van der Waals surface area contributed by atoms with Gasteiger partial charge in [-0.05, 0) is 24.6 Å². The fraction of sp³-hybridized carbons (Fsp3) is 0.208. The van der Waals surface area contributed by atoms with E-state index >= 15 is 0 Å². The molecular formula is C24H24O4S. The van der Waals surface area contributed by atoms with Gasteiger partial charge in [-0.2, -0.15) is 8.42 Å². The summed E-state index contributed by atoms with van der Waals surface area (Å²) in [5.41, 5.74) is 2.54. The Morgan fingerprint density at radius 2 is 1.38 bits per heavy atom. The van der Waals surface area contributed by atoms with Crippen LogP contribution >= 0.6 is 0 Å². The van der Waals surface area contributed by atoms with Crippen LogP contribution in [0, 0.1) is 6.92 Å². The average Bonchev–Trinajstić information content (AvgIpc) is 2.73. The zero-order valence-corrected chi connectivity index (χ0v) is 17.6. The molecule has 0 aliphatic carbocycles. The van der Waals surface area contributed by atoms with Crippen molar-refractivity contribution in [1.82, 2.24) is 0 Å². The van der Waals surface area contributed by atoms with E-state index in [9.17, 15) is 13.2 Å². The molecule has 0 radical (unpaired) electrons. The van der Waals surface area contributed by atoms with Gasteiger partial charge in [-0.25, -0.2) is 0 Å². The molecule has 5 heteroatoms. The van der Waals surface area contributed by atoms with E-state index in [1.54, 1.807) is 48.5 Å². The Kier molecular flexibility index (Phi) is 6.01. The molecule has 3 aromatic rings. The second-order valence-corrected chi connectivity index (χ2v) is 9.30. The number of ketones is 1. The SMILES string of the molecule is Cc1ccc(S(=O)(=O)OCC(C)(C)c2ccc(C(=O)c3ccccc3)cc2)cc1. The van der Waals surface area contributed by atoms with Crippen molar-refractivity contribution >= 4 is 15.9 Å². The smallest absolute Gasteiger partial charge is 0.289 e. The van der Waals surface area contributed by atoms with E-state index < -0.39 is 15.5 Å². The van der Waals surface area contributed by atoms with E-state index in [0.29, 0.717) is 11.1 Å². The Morgan fingerprint density at radius 1 is 0.828 bits per heavy atom. The van der Waals surface area contributed by atoms with Crippen molar-refractivity contribution in [3.8, 4) is 0 Å². The first-order chi connectivity index (χ1) is 13.7. The fourth-order valence-corrected chi connectivity index (χ4v) is 3.97.